The lowest BCUT2D eigenvalue weighted by atomic mass is 9.53. The Hall–Kier alpha value is -2.57. The molecule has 0 radical (unpaired) electrons. The highest BCUT2D eigenvalue weighted by Crippen LogP contribution is 2.55. The molecule has 0 aliphatic heterocycles. The zero-order valence-corrected chi connectivity index (χ0v) is 16.1. The molecule has 150 valence electrons. The smallest absolute Gasteiger partial charge is 0.275 e. The van der Waals surface area contributed by atoms with Crippen molar-refractivity contribution in [3.05, 3.63) is 23.8 Å². The van der Waals surface area contributed by atoms with Crippen molar-refractivity contribution >= 4 is 17.5 Å². The first kappa shape index (κ1) is 18.8. The van der Waals surface area contributed by atoms with Gasteiger partial charge in [0, 0.05) is 17.3 Å². The summed E-state index contributed by atoms with van der Waals surface area (Å²) < 4.78 is 0. The number of nitrogens with one attached hydrogen (secondary N) is 2. The Morgan fingerprint density at radius 1 is 1.11 bits per heavy atom. The van der Waals surface area contributed by atoms with Crippen LogP contribution < -0.4 is 10.7 Å². The van der Waals surface area contributed by atoms with Gasteiger partial charge in [0.25, 0.3) is 5.91 Å². The van der Waals surface area contributed by atoms with Gasteiger partial charge in [0.2, 0.25) is 5.91 Å². The molecule has 1 aromatic rings. The summed E-state index contributed by atoms with van der Waals surface area (Å²) in [7, 11) is 0. The molecule has 4 saturated carbocycles. The molecule has 0 saturated heterocycles. The van der Waals surface area contributed by atoms with E-state index in [4.69, 9.17) is 0 Å². The first-order valence-corrected chi connectivity index (χ1v) is 9.98. The van der Waals surface area contributed by atoms with Crippen LogP contribution in [0.25, 0.3) is 0 Å². The number of phenolic OH excluding ortho intramolecular Hbond substituents is 2. The van der Waals surface area contributed by atoms with E-state index in [0.717, 1.165) is 43.1 Å². The highest BCUT2D eigenvalue weighted by atomic mass is 16.3. The van der Waals surface area contributed by atoms with E-state index in [1.807, 2.05) is 0 Å². The summed E-state index contributed by atoms with van der Waals surface area (Å²) >= 11 is 0. The molecule has 28 heavy (non-hydrogen) atoms. The van der Waals surface area contributed by atoms with Crippen LogP contribution in [0.4, 0.5) is 0 Å². The molecule has 4 aliphatic rings. The van der Waals surface area contributed by atoms with E-state index in [-0.39, 0.29) is 34.9 Å². The summed E-state index contributed by atoms with van der Waals surface area (Å²) in [4.78, 5) is 24.7. The Kier molecular flexibility index (Phi) is 4.77. The maximum absolute atomic E-state index is 12.6. The van der Waals surface area contributed by atoms with E-state index in [1.54, 1.807) is 6.92 Å². The number of phenols is 2. The first-order chi connectivity index (χ1) is 13.3. The Balaban J connectivity index is 1.32. The number of amides is 2. The molecule has 5 rings (SSSR count). The largest absolute Gasteiger partial charge is 0.508 e. The minimum Gasteiger partial charge on any atom is -0.508 e. The number of carbonyl (C=O) groups excluding carboxylic acids is 2. The van der Waals surface area contributed by atoms with Crippen LogP contribution >= 0.6 is 0 Å². The number of rotatable bonds is 5. The lowest BCUT2D eigenvalue weighted by Crippen LogP contribution is -2.60. The Bertz CT molecular complexity index is 798. The van der Waals surface area contributed by atoms with E-state index < -0.39 is 5.91 Å². The Labute approximate surface area is 164 Å². The molecule has 7 heteroatoms. The maximum Gasteiger partial charge on any atom is 0.275 e. The minimum atomic E-state index is -0.599. The molecule has 7 nitrogen and oxygen atoms in total. The third-order valence-corrected chi connectivity index (χ3v) is 6.43. The normalized spacial score (nSPS) is 30.9. The number of aromatic hydroxyl groups is 2. The van der Waals surface area contributed by atoms with Crippen molar-refractivity contribution < 1.29 is 19.8 Å². The molecule has 1 aromatic carbocycles. The van der Waals surface area contributed by atoms with Crippen LogP contribution in [0.3, 0.4) is 0 Å². The molecule has 0 atom stereocenters. The number of hydrogen-bond acceptors (Lipinski definition) is 5. The number of nitrogens with zero attached hydrogens (tertiary/aromatic N) is 1. The van der Waals surface area contributed by atoms with Gasteiger partial charge < -0.3 is 15.5 Å². The van der Waals surface area contributed by atoms with Gasteiger partial charge in [0.05, 0.1) is 12.0 Å². The van der Waals surface area contributed by atoms with Crippen molar-refractivity contribution in [1.29, 1.82) is 0 Å². The molecule has 0 aromatic heterocycles. The Morgan fingerprint density at radius 3 is 2.29 bits per heavy atom. The van der Waals surface area contributed by atoms with Crippen LogP contribution in [0.1, 0.15) is 62.2 Å². The molecule has 4 bridgehead atoms. The van der Waals surface area contributed by atoms with Crippen molar-refractivity contribution in [3.8, 4) is 11.5 Å². The highest BCUT2D eigenvalue weighted by Gasteiger charge is 2.51. The SMILES string of the molecule is C/C(CC(=O)NC12CC3CC(CC(C3)C1)C2)=N\NC(=O)c1ccc(O)cc1O. The van der Waals surface area contributed by atoms with Crippen LogP contribution in [-0.4, -0.2) is 33.3 Å². The van der Waals surface area contributed by atoms with Gasteiger partial charge in [0.1, 0.15) is 11.5 Å². The lowest BCUT2D eigenvalue weighted by Gasteiger charge is -2.56. The quantitative estimate of drug-likeness (QED) is 0.461. The predicted octanol–water partition coefficient (Wildman–Crippen LogP) is 2.68. The number of hydrogen-bond donors (Lipinski definition) is 4. The second kappa shape index (κ2) is 7.11. The average Bonchev–Trinajstić information content (AvgIpc) is 2.57. The van der Waals surface area contributed by atoms with Gasteiger partial charge in [-0.05, 0) is 75.3 Å². The van der Waals surface area contributed by atoms with Gasteiger partial charge in [-0.2, -0.15) is 5.10 Å². The van der Waals surface area contributed by atoms with Gasteiger partial charge in [-0.1, -0.05) is 0 Å². The van der Waals surface area contributed by atoms with Crippen molar-refractivity contribution in [3.63, 3.8) is 0 Å². The second-order valence-electron chi connectivity index (χ2n) is 8.91. The van der Waals surface area contributed by atoms with Crippen LogP contribution in [0.2, 0.25) is 0 Å². The first-order valence-electron chi connectivity index (χ1n) is 9.98. The maximum atomic E-state index is 12.6. The van der Waals surface area contributed by atoms with E-state index in [9.17, 15) is 19.8 Å². The molecule has 0 heterocycles. The monoisotopic (exact) mass is 385 g/mol. The van der Waals surface area contributed by atoms with Crippen molar-refractivity contribution in [2.24, 2.45) is 22.9 Å². The molecule has 0 spiro atoms. The topological polar surface area (TPSA) is 111 Å². The van der Waals surface area contributed by atoms with Crippen LogP contribution in [0, 0.1) is 17.8 Å². The number of hydrazone groups is 1. The van der Waals surface area contributed by atoms with Crippen molar-refractivity contribution in [2.45, 2.75) is 57.4 Å². The summed E-state index contributed by atoms with van der Waals surface area (Å²) in [6.45, 7) is 1.69. The Morgan fingerprint density at radius 2 is 1.71 bits per heavy atom. The van der Waals surface area contributed by atoms with Gasteiger partial charge in [-0.25, -0.2) is 5.43 Å². The molecular weight excluding hydrogens is 358 g/mol. The van der Waals surface area contributed by atoms with E-state index in [1.165, 1.54) is 31.4 Å². The third-order valence-electron chi connectivity index (χ3n) is 6.43. The van der Waals surface area contributed by atoms with Gasteiger partial charge in [-0.3, -0.25) is 9.59 Å². The molecule has 4 N–H and O–H groups in total. The summed E-state index contributed by atoms with van der Waals surface area (Å²) in [5, 5.41) is 26.3. The molecule has 2 amide bonds. The number of benzene rings is 1. The van der Waals surface area contributed by atoms with Gasteiger partial charge in [-0.15, -0.1) is 0 Å². The highest BCUT2D eigenvalue weighted by molar-refractivity contribution is 6.02. The fourth-order valence-electron chi connectivity index (χ4n) is 5.79. The zero-order valence-electron chi connectivity index (χ0n) is 16.1. The van der Waals surface area contributed by atoms with E-state index >= 15 is 0 Å². The summed E-state index contributed by atoms with van der Waals surface area (Å²) in [6.07, 6.45) is 7.39. The minimum absolute atomic E-state index is 0.00682. The van der Waals surface area contributed by atoms with Crippen LogP contribution in [0.15, 0.2) is 23.3 Å². The fraction of sp³-hybridized carbons (Fsp3) is 0.571. The standard InChI is InChI=1S/C21H27N3O4/c1-12(23-24-20(28)17-3-2-16(25)8-18(17)26)4-19(27)22-21-9-13-5-14(10-21)7-15(6-13)11-21/h2-3,8,13-15,25-26H,4-7,9-11H2,1H3,(H,22,27)(H,24,28)/b23-12+. The average molecular weight is 385 g/mol. The van der Waals surface area contributed by atoms with Gasteiger partial charge in [0.15, 0.2) is 0 Å². The van der Waals surface area contributed by atoms with Crippen molar-refractivity contribution in [1.82, 2.24) is 10.7 Å². The second-order valence-corrected chi connectivity index (χ2v) is 8.91. The van der Waals surface area contributed by atoms with Crippen LogP contribution in [-0.2, 0) is 4.79 Å². The van der Waals surface area contributed by atoms with Crippen LogP contribution in [0.5, 0.6) is 11.5 Å². The summed E-state index contributed by atoms with van der Waals surface area (Å²) in [5.41, 5.74) is 2.82. The number of carbonyl (C=O) groups is 2. The third kappa shape index (κ3) is 3.84. The van der Waals surface area contributed by atoms with E-state index in [0.29, 0.717) is 5.71 Å². The molecule has 4 fully saturated rings. The molecule has 4 aliphatic carbocycles. The van der Waals surface area contributed by atoms with E-state index in [2.05, 4.69) is 15.8 Å². The van der Waals surface area contributed by atoms with Gasteiger partial charge >= 0.3 is 0 Å². The predicted molar refractivity (Wildman–Crippen MR) is 104 cm³/mol. The summed E-state index contributed by atoms with van der Waals surface area (Å²) in [5.74, 6) is 1.18. The fourth-order valence-corrected chi connectivity index (χ4v) is 5.79. The zero-order chi connectivity index (χ0) is 19.9. The molecular formula is C21H27N3O4. The molecule has 0 unspecified atom stereocenters. The summed E-state index contributed by atoms with van der Waals surface area (Å²) in [6, 6.07) is 3.71. The lowest BCUT2D eigenvalue weighted by molar-refractivity contribution is -0.125. The van der Waals surface area contributed by atoms with Crippen molar-refractivity contribution in [2.75, 3.05) is 0 Å².